The lowest BCUT2D eigenvalue weighted by Gasteiger charge is -2.35. The second kappa shape index (κ2) is 5.95. The minimum absolute atomic E-state index is 0.246. The summed E-state index contributed by atoms with van der Waals surface area (Å²) in [5.74, 6) is 1.52. The van der Waals surface area contributed by atoms with Gasteiger partial charge in [-0.05, 0) is 30.2 Å². The third kappa shape index (κ3) is 3.39. The highest BCUT2D eigenvalue weighted by atomic mass is 16.2. The number of aryl methyl sites for hydroxylation is 1. The molecule has 0 aliphatic heterocycles. The number of nitrogens with zero attached hydrogens (tertiary/aromatic N) is 3. The average molecular weight is 285 g/mol. The van der Waals surface area contributed by atoms with Crippen LogP contribution in [-0.2, 0) is 7.05 Å². The van der Waals surface area contributed by atoms with Gasteiger partial charge in [-0.25, -0.2) is 9.78 Å². The number of amides is 2. The van der Waals surface area contributed by atoms with Crippen molar-refractivity contribution in [1.82, 2.24) is 20.1 Å². The molecule has 110 valence electrons. The number of hydrogen-bond donors (Lipinski definition) is 2. The minimum Gasteiger partial charge on any atom is -0.338 e. The molecule has 1 aliphatic rings. The predicted molar refractivity (Wildman–Crippen MR) is 79.9 cm³/mol. The summed E-state index contributed by atoms with van der Waals surface area (Å²) >= 11 is 0. The smallest absolute Gasteiger partial charge is 0.321 e. The van der Waals surface area contributed by atoms with Crippen molar-refractivity contribution >= 4 is 12.0 Å². The molecule has 1 fully saturated rings. The summed E-state index contributed by atoms with van der Waals surface area (Å²) < 4.78 is 1.55. The van der Waals surface area contributed by atoms with Crippen LogP contribution in [-0.4, -0.2) is 27.3 Å². The molecular weight excluding hydrogens is 266 g/mol. The Hall–Kier alpha value is -2.37. The first-order valence-corrected chi connectivity index (χ1v) is 7.16. The molecule has 1 aromatic carbocycles. The fourth-order valence-electron chi connectivity index (χ4n) is 2.68. The third-order valence-electron chi connectivity index (χ3n) is 3.88. The highest BCUT2D eigenvalue weighted by Crippen LogP contribution is 2.40. The van der Waals surface area contributed by atoms with Gasteiger partial charge in [0.2, 0.25) is 5.95 Å². The molecule has 2 amide bonds. The van der Waals surface area contributed by atoms with E-state index in [1.54, 1.807) is 18.1 Å². The Morgan fingerprint density at radius 3 is 2.76 bits per heavy atom. The van der Waals surface area contributed by atoms with E-state index < -0.39 is 0 Å². The van der Waals surface area contributed by atoms with Crippen LogP contribution in [0.15, 0.2) is 36.7 Å². The largest absolute Gasteiger partial charge is 0.338 e. The van der Waals surface area contributed by atoms with Gasteiger partial charge in [-0.3, -0.25) is 10.00 Å². The summed E-state index contributed by atoms with van der Waals surface area (Å²) in [4.78, 5) is 15.7. The fraction of sp³-hybridized carbons (Fsp3) is 0.400. The zero-order valence-electron chi connectivity index (χ0n) is 12.0. The number of rotatable bonds is 4. The maximum atomic E-state index is 11.7. The van der Waals surface area contributed by atoms with Crippen LogP contribution in [0.2, 0.25) is 0 Å². The Morgan fingerprint density at radius 1 is 1.33 bits per heavy atom. The Bertz CT molecular complexity index is 604. The van der Waals surface area contributed by atoms with Crippen LogP contribution in [0.3, 0.4) is 0 Å². The van der Waals surface area contributed by atoms with Crippen molar-refractivity contribution < 1.29 is 4.79 Å². The second-order valence-corrected chi connectivity index (χ2v) is 5.52. The Morgan fingerprint density at radius 2 is 2.10 bits per heavy atom. The van der Waals surface area contributed by atoms with E-state index >= 15 is 0 Å². The first-order valence-electron chi connectivity index (χ1n) is 7.16. The van der Waals surface area contributed by atoms with Crippen molar-refractivity contribution in [2.75, 3.05) is 11.9 Å². The topological polar surface area (TPSA) is 71.8 Å². The zero-order valence-corrected chi connectivity index (χ0v) is 12.0. The van der Waals surface area contributed by atoms with Crippen molar-refractivity contribution in [3.05, 3.63) is 42.2 Å². The van der Waals surface area contributed by atoms with Crippen molar-refractivity contribution in [2.24, 2.45) is 13.0 Å². The van der Waals surface area contributed by atoms with Gasteiger partial charge < -0.3 is 5.32 Å². The molecule has 0 saturated heterocycles. The van der Waals surface area contributed by atoms with Crippen LogP contribution < -0.4 is 10.6 Å². The van der Waals surface area contributed by atoms with Gasteiger partial charge in [0, 0.05) is 13.6 Å². The normalized spacial score (nSPS) is 20.6. The molecule has 21 heavy (non-hydrogen) atoms. The van der Waals surface area contributed by atoms with Crippen LogP contribution >= 0.6 is 0 Å². The van der Waals surface area contributed by atoms with Crippen LogP contribution in [0.1, 0.15) is 24.3 Å². The average Bonchev–Trinajstić information content (AvgIpc) is 2.83. The first-order chi connectivity index (χ1) is 10.2. The van der Waals surface area contributed by atoms with Crippen molar-refractivity contribution in [3.8, 4) is 0 Å². The van der Waals surface area contributed by atoms with Gasteiger partial charge in [0.15, 0.2) is 0 Å². The molecule has 0 unspecified atom stereocenters. The molecule has 2 N–H and O–H groups in total. The predicted octanol–water partition coefficient (Wildman–Crippen LogP) is 2.13. The third-order valence-corrected chi connectivity index (χ3v) is 3.88. The standard InChI is InChI=1S/C15H19N5O/c1-20-10-17-14(19-20)18-15(21)16-9-11-7-13(8-11)12-5-3-2-4-6-12/h2-6,10-11,13H,7-9H2,1H3,(H2,16,18,19,21). The lowest BCUT2D eigenvalue weighted by molar-refractivity contribution is 0.233. The van der Waals surface area contributed by atoms with E-state index in [1.807, 2.05) is 6.07 Å². The molecule has 1 aromatic heterocycles. The maximum Gasteiger partial charge on any atom is 0.321 e. The maximum absolute atomic E-state index is 11.7. The highest BCUT2D eigenvalue weighted by molar-refractivity contribution is 5.87. The summed E-state index contributed by atoms with van der Waals surface area (Å²) in [5.41, 5.74) is 1.40. The number of benzene rings is 1. The van der Waals surface area contributed by atoms with Gasteiger partial charge in [-0.2, -0.15) is 0 Å². The number of carbonyl (C=O) groups is 1. The van der Waals surface area contributed by atoms with Crippen LogP contribution in [0, 0.1) is 5.92 Å². The summed E-state index contributed by atoms with van der Waals surface area (Å²) in [5, 5.41) is 9.49. The summed E-state index contributed by atoms with van der Waals surface area (Å²) in [6, 6.07) is 10.3. The van der Waals surface area contributed by atoms with Crippen molar-refractivity contribution in [1.29, 1.82) is 0 Å². The molecule has 1 saturated carbocycles. The highest BCUT2D eigenvalue weighted by Gasteiger charge is 2.30. The molecule has 0 spiro atoms. The molecule has 2 aromatic rings. The number of urea groups is 1. The molecule has 1 heterocycles. The van der Waals surface area contributed by atoms with E-state index in [4.69, 9.17) is 0 Å². The van der Waals surface area contributed by atoms with Crippen LogP contribution in [0.25, 0.3) is 0 Å². The number of nitrogens with one attached hydrogen (secondary N) is 2. The van der Waals surface area contributed by atoms with Gasteiger partial charge in [-0.15, -0.1) is 5.10 Å². The zero-order chi connectivity index (χ0) is 14.7. The Kier molecular flexibility index (Phi) is 3.85. The van der Waals surface area contributed by atoms with Gasteiger partial charge in [0.25, 0.3) is 0 Å². The van der Waals surface area contributed by atoms with Gasteiger partial charge in [0.1, 0.15) is 6.33 Å². The van der Waals surface area contributed by atoms with E-state index in [9.17, 15) is 4.79 Å². The summed E-state index contributed by atoms with van der Waals surface area (Å²) in [6.45, 7) is 0.696. The van der Waals surface area contributed by atoms with E-state index in [0.29, 0.717) is 24.3 Å². The molecule has 6 nitrogen and oxygen atoms in total. The molecule has 3 rings (SSSR count). The van der Waals surface area contributed by atoms with Crippen molar-refractivity contribution in [2.45, 2.75) is 18.8 Å². The number of anilines is 1. The number of carbonyl (C=O) groups excluding carboxylic acids is 1. The fourth-order valence-corrected chi connectivity index (χ4v) is 2.68. The molecule has 0 atom stereocenters. The summed E-state index contributed by atoms with van der Waals surface area (Å²) in [6.07, 6.45) is 3.81. The number of aromatic nitrogens is 3. The first kappa shape index (κ1) is 13.6. The Labute approximate surface area is 123 Å². The van der Waals surface area contributed by atoms with Gasteiger partial charge in [0.05, 0.1) is 0 Å². The van der Waals surface area contributed by atoms with Crippen molar-refractivity contribution in [3.63, 3.8) is 0 Å². The quantitative estimate of drug-likeness (QED) is 0.904. The SMILES string of the molecule is Cn1cnc(NC(=O)NCC2CC(c3ccccc3)C2)n1. The van der Waals surface area contributed by atoms with Gasteiger partial charge >= 0.3 is 6.03 Å². The van der Waals surface area contributed by atoms with Gasteiger partial charge in [-0.1, -0.05) is 30.3 Å². The molecule has 0 bridgehead atoms. The molecule has 1 aliphatic carbocycles. The monoisotopic (exact) mass is 285 g/mol. The van der Waals surface area contributed by atoms with E-state index in [2.05, 4.69) is 45.0 Å². The number of hydrogen-bond acceptors (Lipinski definition) is 3. The van der Waals surface area contributed by atoms with E-state index in [-0.39, 0.29) is 6.03 Å². The van der Waals surface area contributed by atoms with Crippen LogP contribution in [0.4, 0.5) is 10.7 Å². The van der Waals surface area contributed by atoms with E-state index in [1.165, 1.54) is 5.56 Å². The molecule has 0 radical (unpaired) electrons. The lowest BCUT2D eigenvalue weighted by atomic mass is 9.71. The lowest BCUT2D eigenvalue weighted by Crippen LogP contribution is -2.37. The Balaban J connectivity index is 1.38. The molecular formula is C15H19N5O. The molecule has 6 heteroatoms. The second-order valence-electron chi connectivity index (χ2n) is 5.52. The minimum atomic E-state index is -0.246. The van der Waals surface area contributed by atoms with E-state index in [0.717, 1.165) is 12.8 Å². The van der Waals surface area contributed by atoms with Crippen LogP contribution in [0.5, 0.6) is 0 Å². The summed E-state index contributed by atoms with van der Waals surface area (Å²) in [7, 11) is 1.76.